The molecule has 0 bridgehead atoms. The number of nitrogens with one attached hydrogen (secondary N) is 1. The Morgan fingerprint density at radius 3 is 2.80 bits per heavy atom. The first-order chi connectivity index (χ1) is 9.61. The molecule has 1 saturated heterocycles. The summed E-state index contributed by atoms with van der Waals surface area (Å²) < 4.78 is 5.31. The molecule has 1 heterocycles. The first-order valence-electron chi connectivity index (χ1n) is 7.41. The van der Waals surface area contributed by atoms with E-state index < -0.39 is 0 Å². The van der Waals surface area contributed by atoms with E-state index in [9.17, 15) is 0 Å². The van der Waals surface area contributed by atoms with Crippen LogP contribution in [-0.2, 0) is 0 Å². The highest BCUT2D eigenvalue weighted by Crippen LogP contribution is 2.29. The van der Waals surface area contributed by atoms with Crippen LogP contribution in [0.25, 0.3) is 0 Å². The molecule has 1 aromatic carbocycles. The molecule has 0 spiro atoms. The molecule has 1 atom stereocenters. The Balaban J connectivity index is 2.04. The minimum Gasteiger partial charge on any atom is -0.497 e. The van der Waals surface area contributed by atoms with Gasteiger partial charge in [0.2, 0.25) is 0 Å². The second kappa shape index (κ2) is 6.84. The van der Waals surface area contributed by atoms with Crippen molar-refractivity contribution >= 4 is 11.4 Å². The highest BCUT2D eigenvalue weighted by atomic mass is 16.5. The lowest BCUT2D eigenvalue weighted by molar-refractivity contribution is 0.194. The number of anilines is 2. The van der Waals surface area contributed by atoms with Crippen molar-refractivity contribution in [1.29, 1.82) is 0 Å². The van der Waals surface area contributed by atoms with Crippen LogP contribution in [0, 0.1) is 0 Å². The molecule has 1 N–H and O–H groups in total. The number of piperidine rings is 1. The quantitative estimate of drug-likeness (QED) is 0.895. The van der Waals surface area contributed by atoms with Gasteiger partial charge in [-0.25, -0.2) is 0 Å². The van der Waals surface area contributed by atoms with Gasteiger partial charge in [-0.2, -0.15) is 0 Å². The number of ether oxygens (including phenoxy) is 1. The average Bonchev–Trinajstić information content (AvgIpc) is 2.46. The fourth-order valence-corrected chi connectivity index (χ4v) is 2.79. The highest BCUT2D eigenvalue weighted by Gasteiger charge is 2.19. The van der Waals surface area contributed by atoms with Gasteiger partial charge in [-0.15, -0.1) is 0 Å². The second-order valence-corrected chi connectivity index (χ2v) is 5.79. The number of likely N-dealkylation sites (N-methyl/N-ethyl adjacent to an activating group) is 1. The standard InChI is InChI=1S/C16H27N3O/c1-18(2)16-11-14(20-4)8-9-15(16)17-12-13-7-5-6-10-19(13)3/h8-9,11,13,17H,5-7,10,12H2,1-4H3. The molecule has 1 aliphatic rings. The van der Waals surface area contributed by atoms with E-state index >= 15 is 0 Å². The van der Waals surface area contributed by atoms with Gasteiger partial charge in [-0.3, -0.25) is 0 Å². The normalized spacial score (nSPS) is 19.7. The first-order valence-corrected chi connectivity index (χ1v) is 7.41. The van der Waals surface area contributed by atoms with Gasteiger partial charge in [-0.1, -0.05) is 6.42 Å². The van der Waals surface area contributed by atoms with Crippen molar-refractivity contribution in [2.45, 2.75) is 25.3 Å². The van der Waals surface area contributed by atoms with Crippen molar-refractivity contribution in [2.75, 3.05) is 51.6 Å². The predicted molar refractivity (Wildman–Crippen MR) is 86.1 cm³/mol. The summed E-state index contributed by atoms with van der Waals surface area (Å²) in [5.41, 5.74) is 2.34. The minimum absolute atomic E-state index is 0.640. The molecular weight excluding hydrogens is 250 g/mol. The number of likely N-dealkylation sites (tertiary alicyclic amines) is 1. The Bertz CT molecular complexity index is 434. The molecule has 112 valence electrons. The summed E-state index contributed by atoms with van der Waals surface area (Å²) in [6.07, 6.45) is 3.97. The van der Waals surface area contributed by atoms with Crippen LogP contribution in [0.3, 0.4) is 0 Å². The fraction of sp³-hybridized carbons (Fsp3) is 0.625. The van der Waals surface area contributed by atoms with Crippen LogP contribution in [0.5, 0.6) is 5.75 Å². The van der Waals surface area contributed by atoms with Gasteiger partial charge in [-0.05, 0) is 38.6 Å². The fourth-order valence-electron chi connectivity index (χ4n) is 2.79. The number of rotatable bonds is 5. The predicted octanol–water partition coefficient (Wildman–Crippen LogP) is 2.66. The van der Waals surface area contributed by atoms with E-state index in [1.54, 1.807) is 7.11 Å². The SMILES string of the molecule is COc1ccc(NCC2CCCCN2C)c(N(C)C)c1. The van der Waals surface area contributed by atoms with E-state index in [1.807, 2.05) is 6.07 Å². The lowest BCUT2D eigenvalue weighted by Crippen LogP contribution is -2.40. The first kappa shape index (κ1) is 15.0. The number of benzene rings is 1. The van der Waals surface area contributed by atoms with Crippen molar-refractivity contribution in [3.8, 4) is 5.75 Å². The van der Waals surface area contributed by atoms with Crippen LogP contribution < -0.4 is 15.0 Å². The number of nitrogens with zero attached hydrogens (tertiary/aromatic N) is 2. The molecule has 2 rings (SSSR count). The second-order valence-electron chi connectivity index (χ2n) is 5.79. The van der Waals surface area contributed by atoms with Crippen molar-refractivity contribution < 1.29 is 4.74 Å². The third-order valence-corrected chi connectivity index (χ3v) is 4.14. The van der Waals surface area contributed by atoms with Gasteiger partial charge in [0.15, 0.2) is 0 Å². The van der Waals surface area contributed by atoms with Gasteiger partial charge < -0.3 is 19.9 Å². The molecule has 4 heteroatoms. The summed E-state index contributed by atoms with van der Waals surface area (Å²) in [6.45, 7) is 2.22. The van der Waals surface area contributed by atoms with Crippen LogP contribution in [-0.4, -0.2) is 52.3 Å². The van der Waals surface area contributed by atoms with E-state index in [2.05, 4.69) is 48.4 Å². The third-order valence-electron chi connectivity index (χ3n) is 4.14. The van der Waals surface area contributed by atoms with Crippen molar-refractivity contribution in [1.82, 2.24) is 4.90 Å². The Morgan fingerprint density at radius 2 is 2.15 bits per heavy atom. The Morgan fingerprint density at radius 1 is 1.35 bits per heavy atom. The van der Waals surface area contributed by atoms with Crippen LogP contribution >= 0.6 is 0 Å². The zero-order valence-corrected chi connectivity index (χ0v) is 13.1. The molecule has 1 unspecified atom stereocenters. The summed E-state index contributed by atoms with van der Waals surface area (Å²) in [4.78, 5) is 4.59. The lowest BCUT2D eigenvalue weighted by atomic mass is 10.0. The molecule has 0 radical (unpaired) electrons. The monoisotopic (exact) mass is 277 g/mol. The van der Waals surface area contributed by atoms with E-state index in [0.717, 1.165) is 12.3 Å². The van der Waals surface area contributed by atoms with Crippen LogP contribution in [0.15, 0.2) is 18.2 Å². The molecule has 4 nitrogen and oxygen atoms in total. The molecule has 1 aromatic rings. The Labute approximate surface area is 122 Å². The largest absolute Gasteiger partial charge is 0.497 e. The lowest BCUT2D eigenvalue weighted by Gasteiger charge is -2.33. The summed E-state index contributed by atoms with van der Waals surface area (Å²) in [5, 5.41) is 3.61. The number of hydrogen-bond acceptors (Lipinski definition) is 4. The van der Waals surface area contributed by atoms with Gasteiger partial charge in [0, 0.05) is 32.7 Å². The van der Waals surface area contributed by atoms with Gasteiger partial charge in [0.1, 0.15) is 5.75 Å². The molecule has 0 aromatic heterocycles. The summed E-state index contributed by atoms with van der Waals surface area (Å²) in [6, 6.07) is 6.84. The Kier molecular flexibility index (Phi) is 5.12. The van der Waals surface area contributed by atoms with Crippen molar-refractivity contribution in [3.05, 3.63) is 18.2 Å². The molecule has 0 aliphatic carbocycles. The summed E-state index contributed by atoms with van der Waals surface area (Å²) >= 11 is 0. The molecule has 0 amide bonds. The van der Waals surface area contributed by atoms with Crippen LogP contribution in [0.2, 0.25) is 0 Å². The highest BCUT2D eigenvalue weighted by molar-refractivity contribution is 5.71. The summed E-state index contributed by atoms with van der Waals surface area (Å²) in [7, 11) is 8.06. The van der Waals surface area contributed by atoms with Crippen LogP contribution in [0.4, 0.5) is 11.4 Å². The maximum Gasteiger partial charge on any atom is 0.121 e. The molecule has 1 aliphatic heterocycles. The average molecular weight is 277 g/mol. The van der Waals surface area contributed by atoms with E-state index in [0.29, 0.717) is 6.04 Å². The maximum absolute atomic E-state index is 5.31. The van der Waals surface area contributed by atoms with Gasteiger partial charge >= 0.3 is 0 Å². The Hall–Kier alpha value is -1.42. The van der Waals surface area contributed by atoms with E-state index in [1.165, 1.54) is 37.2 Å². The zero-order valence-electron chi connectivity index (χ0n) is 13.1. The van der Waals surface area contributed by atoms with Crippen molar-refractivity contribution in [3.63, 3.8) is 0 Å². The van der Waals surface area contributed by atoms with Gasteiger partial charge in [0.05, 0.1) is 18.5 Å². The van der Waals surface area contributed by atoms with E-state index in [-0.39, 0.29) is 0 Å². The van der Waals surface area contributed by atoms with Crippen LogP contribution in [0.1, 0.15) is 19.3 Å². The molecule has 20 heavy (non-hydrogen) atoms. The topological polar surface area (TPSA) is 27.7 Å². The van der Waals surface area contributed by atoms with E-state index in [4.69, 9.17) is 4.74 Å². The third kappa shape index (κ3) is 3.57. The minimum atomic E-state index is 0.640. The number of methoxy groups -OCH3 is 1. The molecular formula is C16H27N3O. The molecule has 1 fully saturated rings. The van der Waals surface area contributed by atoms with Crippen molar-refractivity contribution in [2.24, 2.45) is 0 Å². The smallest absolute Gasteiger partial charge is 0.121 e. The maximum atomic E-state index is 5.31. The number of hydrogen-bond donors (Lipinski definition) is 1. The van der Waals surface area contributed by atoms with Gasteiger partial charge in [0.25, 0.3) is 0 Å². The summed E-state index contributed by atoms with van der Waals surface area (Å²) in [5.74, 6) is 0.897. The zero-order chi connectivity index (χ0) is 14.5. The molecule has 0 saturated carbocycles.